The molecule has 0 rings (SSSR count). The molecule has 0 N–H and O–H groups in total. The Kier molecular flexibility index (Phi) is 6.17. The molecule has 0 saturated heterocycles. The van der Waals surface area contributed by atoms with E-state index in [1.165, 1.54) is 0 Å². The molecule has 0 fully saturated rings. The third-order valence-electron chi connectivity index (χ3n) is 2.04. The van der Waals surface area contributed by atoms with Crippen LogP contribution in [-0.4, -0.2) is 30.6 Å². The van der Waals surface area contributed by atoms with Gasteiger partial charge in [-0.05, 0) is 27.7 Å². The van der Waals surface area contributed by atoms with Crippen LogP contribution in [0.5, 0.6) is 0 Å². The molecule has 0 unspecified atom stereocenters. The summed E-state index contributed by atoms with van der Waals surface area (Å²) in [6.07, 6.45) is 0.301. The van der Waals surface area contributed by atoms with Gasteiger partial charge in [-0.2, -0.15) is 0 Å². The van der Waals surface area contributed by atoms with E-state index in [2.05, 4.69) is 0 Å². The molecule has 0 saturated carbocycles. The number of hydrogen-bond acceptors (Lipinski definition) is 4. The first-order chi connectivity index (χ1) is 6.94. The van der Waals surface area contributed by atoms with Gasteiger partial charge >= 0.3 is 5.97 Å². The fraction of sp³-hybridized carbons (Fsp3) is 0.818. The van der Waals surface area contributed by atoms with Crippen molar-refractivity contribution in [1.29, 1.82) is 0 Å². The monoisotopic (exact) mass is 216 g/mol. The van der Waals surface area contributed by atoms with Crippen molar-refractivity contribution in [3.63, 3.8) is 0 Å². The van der Waals surface area contributed by atoms with Crippen LogP contribution >= 0.6 is 0 Å². The van der Waals surface area contributed by atoms with Gasteiger partial charge in [0.25, 0.3) is 0 Å². The van der Waals surface area contributed by atoms with E-state index in [4.69, 9.17) is 9.47 Å². The Bertz CT molecular complexity index is 221. The largest absolute Gasteiger partial charge is 0.466 e. The molecule has 88 valence electrons. The van der Waals surface area contributed by atoms with Crippen molar-refractivity contribution in [2.75, 3.05) is 13.2 Å². The fourth-order valence-corrected chi connectivity index (χ4v) is 1.19. The number of ether oxygens (including phenoxy) is 2. The van der Waals surface area contributed by atoms with Crippen LogP contribution in [-0.2, 0) is 19.1 Å². The van der Waals surface area contributed by atoms with E-state index in [-0.39, 0.29) is 24.6 Å². The highest BCUT2D eigenvalue weighted by atomic mass is 16.5. The molecule has 0 bridgehead atoms. The third-order valence-corrected chi connectivity index (χ3v) is 2.04. The van der Waals surface area contributed by atoms with Gasteiger partial charge in [0, 0.05) is 13.0 Å². The van der Waals surface area contributed by atoms with Crippen LogP contribution in [0.1, 0.15) is 40.5 Å². The first kappa shape index (κ1) is 14.1. The van der Waals surface area contributed by atoms with Crippen molar-refractivity contribution in [3.8, 4) is 0 Å². The van der Waals surface area contributed by atoms with E-state index in [0.717, 1.165) is 0 Å². The SMILES string of the molecule is CCOC(=O)CCC(=O)C(C)(C)OCC. The summed E-state index contributed by atoms with van der Waals surface area (Å²) in [7, 11) is 0. The van der Waals surface area contributed by atoms with Gasteiger partial charge in [-0.1, -0.05) is 0 Å². The minimum absolute atomic E-state index is 0.0718. The van der Waals surface area contributed by atoms with E-state index in [1.54, 1.807) is 20.8 Å². The lowest BCUT2D eigenvalue weighted by molar-refractivity contribution is -0.147. The van der Waals surface area contributed by atoms with E-state index in [1.807, 2.05) is 6.92 Å². The van der Waals surface area contributed by atoms with Gasteiger partial charge < -0.3 is 9.47 Å². The lowest BCUT2D eigenvalue weighted by atomic mass is 9.99. The zero-order chi connectivity index (χ0) is 11.9. The summed E-state index contributed by atoms with van der Waals surface area (Å²) >= 11 is 0. The minimum atomic E-state index is -0.804. The Morgan fingerprint density at radius 2 is 1.67 bits per heavy atom. The van der Waals surface area contributed by atoms with E-state index >= 15 is 0 Å². The third kappa shape index (κ3) is 5.52. The predicted octanol–water partition coefficient (Wildman–Crippen LogP) is 1.71. The average Bonchev–Trinajstić information content (AvgIpc) is 2.14. The maximum atomic E-state index is 11.6. The molecule has 4 nitrogen and oxygen atoms in total. The van der Waals surface area contributed by atoms with Crippen LogP contribution in [0.4, 0.5) is 0 Å². The highest BCUT2D eigenvalue weighted by Crippen LogP contribution is 2.14. The van der Waals surface area contributed by atoms with Crippen LogP contribution in [0.25, 0.3) is 0 Å². The van der Waals surface area contributed by atoms with Crippen LogP contribution in [0.2, 0.25) is 0 Å². The second-order valence-corrected chi connectivity index (χ2v) is 3.67. The maximum absolute atomic E-state index is 11.6. The number of carbonyl (C=O) groups excluding carboxylic acids is 2. The molecule has 0 spiro atoms. The summed E-state index contributed by atoms with van der Waals surface area (Å²) in [6.45, 7) is 7.83. The second kappa shape index (κ2) is 6.56. The molecule has 0 aliphatic carbocycles. The molecular weight excluding hydrogens is 196 g/mol. The van der Waals surface area contributed by atoms with Gasteiger partial charge in [0.05, 0.1) is 13.0 Å². The highest BCUT2D eigenvalue weighted by Gasteiger charge is 2.27. The van der Waals surface area contributed by atoms with Crippen molar-refractivity contribution in [2.24, 2.45) is 0 Å². The number of ketones is 1. The topological polar surface area (TPSA) is 52.6 Å². The number of Topliss-reactive ketones (excluding diaryl/α,β-unsaturated/α-hetero) is 1. The molecule has 0 aromatic carbocycles. The maximum Gasteiger partial charge on any atom is 0.306 e. The lowest BCUT2D eigenvalue weighted by Crippen LogP contribution is -2.35. The zero-order valence-electron chi connectivity index (χ0n) is 9.96. The molecule has 0 heterocycles. The first-order valence-corrected chi connectivity index (χ1v) is 5.27. The Morgan fingerprint density at radius 1 is 1.07 bits per heavy atom. The smallest absolute Gasteiger partial charge is 0.306 e. The highest BCUT2D eigenvalue weighted by molar-refractivity contribution is 5.89. The van der Waals surface area contributed by atoms with Crippen molar-refractivity contribution in [3.05, 3.63) is 0 Å². The van der Waals surface area contributed by atoms with Crippen LogP contribution in [0, 0.1) is 0 Å². The van der Waals surface area contributed by atoms with Gasteiger partial charge in [0.1, 0.15) is 5.60 Å². The van der Waals surface area contributed by atoms with Gasteiger partial charge in [0.15, 0.2) is 5.78 Å². The summed E-state index contributed by atoms with van der Waals surface area (Å²) in [5, 5.41) is 0. The summed E-state index contributed by atoms with van der Waals surface area (Å²) < 4.78 is 10.0. The molecule has 0 aliphatic heterocycles. The van der Waals surface area contributed by atoms with E-state index in [0.29, 0.717) is 13.2 Å². The molecular formula is C11H20O4. The minimum Gasteiger partial charge on any atom is -0.466 e. The molecule has 0 aromatic heterocycles. The van der Waals surface area contributed by atoms with Crippen molar-refractivity contribution in [2.45, 2.75) is 46.1 Å². The van der Waals surface area contributed by atoms with Gasteiger partial charge in [0.2, 0.25) is 0 Å². The van der Waals surface area contributed by atoms with E-state index < -0.39 is 5.60 Å². The average molecular weight is 216 g/mol. The van der Waals surface area contributed by atoms with Crippen LogP contribution in [0.15, 0.2) is 0 Å². The summed E-state index contributed by atoms with van der Waals surface area (Å²) in [6, 6.07) is 0. The summed E-state index contributed by atoms with van der Waals surface area (Å²) in [5.74, 6) is -0.407. The zero-order valence-corrected chi connectivity index (χ0v) is 9.96. The van der Waals surface area contributed by atoms with E-state index in [9.17, 15) is 9.59 Å². The molecule has 0 aliphatic rings. The standard InChI is InChI=1S/C11H20O4/c1-5-14-10(13)8-7-9(12)11(3,4)15-6-2/h5-8H2,1-4H3. The van der Waals surface area contributed by atoms with Crippen molar-refractivity contribution in [1.82, 2.24) is 0 Å². The molecule has 0 atom stereocenters. The molecule has 15 heavy (non-hydrogen) atoms. The fourth-order valence-electron chi connectivity index (χ4n) is 1.19. The quantitative estimate of drug-likeness (QED) is 0.608. The summed E-state index contributed by atoms with van der Waals surface area (Å²) in [4.78, 5) is 22.6. The van der Waals surface area contributed by atoms with Gasteiger partial charge in [-0.25, -0.2) is 0 Å². The number of rotatable bonds is 7. The number of carbonyl (C=O) groups is 2. The van der Waals surface area contributed by atoms with Crippen LogP contribution in [0.3, 0.4) is 0 Å². The predicted molar refractivity (Wildman–Crippen MR) is 56.6 cm³/mol. The van der Waals surface area contributed by atoms with Crippen molar-refractivity contribution < 1.29 is 19.1 Å². The molecule has 4 heteroatoms. The Balaban J connectivity index is 3.97. The van der Waals surface area contributed by atoms with Gasteiger partial charge in [-0.15, -0.1) is 0 Å². The first-order valence-electron chi connectivity index (χ1n) is 5.27. The lowest BCUT2D eigenvalue weighted by Gasteiger charge is -2.22. The second-order valence-electron chi connectivity index (χ2n) is 3.67. The molecule has 0 radical (unpaired) electrons. The van der Waals surface area contributed by atoms with Gasteiger partial charge in [-0.3, -0.25) is 9.59 Å². The number of hydrogen-bond donors (Lipinski definition) is 0. The Morgan fingerprint density at radius 3 is 2.13 bits per heavy atom. The molecule has 0 amide bonds. The van der Waals surface area contributed by atoms with Crippen LogP contribution < -0.4 is 0 Å². The summed E-state index contributed by atoms with van der Waals surface area (Å²) in [5.41, 5.74) is -0.804. The van der Waals surface area contributed by atoms with Crippen molar-refractivity contribution >= 4 is 11.8 Å². The normalized spacial score (nSPS) is 11.2. The Labute approximate surface area is 90.9 Å². The number of esters is 1. The molecule has 0 aromatic rings. The Hall–Kier alpha value is -0.900.